The average Bonchev–Trinajstić information content (AvgIpc) is 2.37. The Labute approximate surface area is 122 Å². The van der Waals surface area contributed by atoms with Crippen molar-refractivity contribution in [2.75, 3.05) is 6.61 Å². The summed E-state index contributed by atoms with van der Waals surface area (Å²) in [7, 11) is 0. The van der Waals surface area contributed by atoms with Crippen molar-refractivity contribution in [2.45, 2.75) is 19.4 Å². The highest BCUT2D eigenvalue weighted by Gasteiger charge is 2.10. The van der Waals surface area contributed by atoms with Gasteiger partial charge in [0, 0.05) is 16.1 Å². The average molecular weight is 320 g/mol. The maximum atomic E-state index is 5.96. The van der Waals surface area contributed by atoms with Crippen LogP contribution in [0.4, 0.5) is 0 Å². The molecule has 1 unspecified atom stereocenters. The summed E-state index contributed by atoms with van der Waals surface area (Å²) in [5.74, 6) is 0.886. The third kappa shape index (κ3) is 3.58. The van der Waals surface area contributed by atoms with E-state index in [4.69, 9.17) is 10.5 Å². The highest BCUT2D eigenvalue weighted by molar-refractivity contribution is 9.11. The molecule has 0 heterocycles. The Morgan fingerprint density at radius 1 is 1.32 bits per heavy atom. The summed E-state index contributed by atoms with van der Waals surface area (Å²) in [4.78, 5) is 0. The van der Waals surface area contributed by atoms with Crippen LogP contribution in [-0.4, -0.2) is 12.6 Å². The molecule has 2 aromatic carbocycles. The van der Waals surface area contributed by atoms with E-state index < -0.39 is 0 Å². The van der Waals surface area contributed by atoms with Gasteiger partial charge in [0.15, 0.2) is 0 Å². The zero-order valence-corrected chi connectivity index (χ0v) is 12.6. The highest BCUT2D eigenvalue weighted by atomic mass is 79.9. The van der Waals surface area contributed by atoms with Crippen LogP contribution in [-0.2, 0) is 6.42 Å². The fourth-order valence-electron chi connectivity index (χ4n) is 2.14. The lowest BCUT2D eigenvalue weighted by Gasteiger charge is -2.15. The molecule has 2 aromatic rings. The molecule has 0 radical (unpaired) electrons. The fraction of sp³-hybridized carbons (Fsp3) is 0.250. The molecular weight excluding hydrogens is 302 g/mol. The molecule has 1 atom stereocenters. The van der Waals surface area contributed by atoms with E-state index in [0.29, 0.717) is 6.61 Å². The molecule has 19 heavy (non-hydrogen) atoms. The Morgan fingerprint density at radius 2 is 2.05 bits per heavy atom. The molecule has 2 nitrogen and oxygen atoms in total. The second-order valence-electron chi connectivity index (χ2n) is 4.75. The fourth-order valence-corrected chi connectivity index (χ4v) is 2.25. The smallest absolute Gasteiger partial charge is 0.123 e. The van der Waals surface area contributed by atoms with Crippen LogP contribution in [0.3, 0.4) is 0 Å². The Morgan fingerprint density at radius 3 is 2.74 bits per heavy atom. The van der Waals surface area contributed by atoms with Crippen LogP contribution >= 0.6 is 15.9 Å². The van der Waals surface area contributed by atoms with E-state index in [0.717, 1.165) is 16.7 Å². The van der Waals surface area contributed by atoms with Crippen LogP contribution in [0.15, 0.2) is 47.5 Å². The lowest BCUT2D eigenvalue weighted by molar-refractivity contribution is 0.357. The summed E-state index contributed by atoms with van der Waals surface area (Å²) in [6.45, 7) is 6.26. The van der Waals surface area contributed by atoms with Crippen molar-refractivity contribution in [3.05, 3.63) is 53.0 Å². The van der Waals surface area contributed by atoms with Gasteiger partial charge in [-0.25, -0.2) is 0 Å². The Bertz CT molecular complexity index is 592. The predicted octanol–water partition coefficient (Wildman–Crippen LogP) is 4.02. The summed E-state index contributed by atoms with van der Waals surface area (Å²) in [5.41, 5.74) is 7.13. The maximum absolute atomic E-state index is 5.96. The normalized spacial score (nSPS) is 12.4. The summed E-state index contributed by atoms with van der Waals surface area (Å²) in [6, 6.07) is 12.5. The molecule has 0 aliphatic carbocycles. The molecule has 0 saturated carbocycles. The van der Waals surface area contributed by atoms with E-state index in [-0.39, 0.29) is 6.04 Å². The zero-order valence-electron chi connectivity index (χ0n) is 11.0. The molecule has 0 amide bonds. The van der Waals surface area contributed by atoms with Gasteiger partial charge in [-0.3, -0.25) is 0 Å². The molecule has 100 valence electrons. The van der Waals surface area contributed by atoms with Crippen LogP contribution in [0.25, 0.3) is 10.8 Å². The van der Waals surface area contributed by atoms with Crippen LogP contribution < -0.4 is 10.5 Å². The molecule has 0 fully saturated rings. The maximum Gasteiger partial charge on any atom is 0.123 e. The minimum Gasteiger partial charge on any atom is -0.488 e. The first kappa shape index (κ1) is 14.1. The SMILES string of the molecule is C=C(Br)COc1ccc2ccccc2c1CC(C)N. The summed E-state index contributed by atoms with van der Waals surface area (Å²) >= 11 is 3.31. The van der Waals surface area contributed by atoms with Crippen LogP contribution in [0, 0.1) is 0 Å². The largest absolute Gasteiger partial charge is 0.488 e. The van der Waals surface area contributed by atoms with Gasteiger partial charge in [-0.15, -0.1) is 0 Å². The Kier molecular flexibility index (Phi) is 4.61. The monoisotopic (exact) mass is 319 g/mol. The van der Waals surface area contributed by atoms with Crippen molar-refractivity contribution in [3.8, 4) is 5.75 Å². The second kappa shape index (κ2) is 6.22. The third-order valence-corrected chi connectivity index (χ3v) is 3.14. The van der Waals surface area contributed by atoms with Gasteiger partial charge in [0.2, 0.25) is 0 Å². The van der Waals surface area contributed by atoms with Gasteiger partial charge < -0.3 is 10.5 Å². The van der Waals surface area contributed by atoms with E-state index in [1.165, 1.54) is 16.3 Å². The molecule has 2 rings (SSSR count). The van der Waals surface area contributed by atoms with Crippen molar-refractivity contribution in [3.63, 3.8) is 0 Å². The second-order valence-corrected chi connectivity index (χ2v) is 5.87. The van der Waals surface area contributed by atoms with Crippen LogP contribution in [0.2, 0.25) is 0 Å². The topological polar surface area (TPSA) is 35.2 Å². The first-order valence-corrected chi connectivity index (χ1v) is 7.09. The number of nitrogens with two attached hydrogens (primary N) is 1. The first-order chi connectivity index (χ1) is 9.08. The first-order valence-electron chi connectivity index (χ1n) is 6.30. The standard InChI is InChI=1S/C16H18BrNO/c1-11(17)10-19-16-8-7-13-5-3-4-6-14(13)15(16)9-12(2)18/h3-8,12H,1,9-10,18H2,2H3. The number of rotatable bonds is 5. The van der Waals surface area contributed by atoms with Crippen molar-refractivity contribution in [1.82, 2.24) is 0 Å². The number of benzene rings is 2. The van der Waals surface area contributed by atoms with Gasteiger partial charge in [0.05, 0.1) is 0 Å². The number of hydrogen-bond donors (Lipinski definition) is 1. The van der Waals surface area contributed by atoms with Gasteiger partial charge >= 0.3 is 0 Å². The van der Waals surface area contributed by atoms with Crippen molar-refractivity contribution < 1.29 is 4.74 Å². The predicted molar refractivity (Wildman–Crippen MR) is 84.9 cm³/mol. The molecule has 0 aromatic heterocycles. The molecule has 0 bridgehead atoms. The minimum atomic E-state index is 0.0975. The van der Waals surface area contributed by atoms with Gasteiger partial charge in [-0.05, 0) is 30.2 Å². The van der Waals surface area contributed by atoms with Crippen LogP contribution in [0.5, 0.6) is 5.75 Å². The molecule has 0 aliphatic rings. The number of hydrogen-bond acceptors (Lipinski definition) is 2. The van der Waals surface area contributed by atoms with E-state index >= 15 is 0 Å². The number of ether oxygens (including phenoxy) is 1. The molecule has 2 N–H and O–H groups in total. The zero-order chi connectivity index (χ0) is 13.8. The van der Waals surface area contributed by atoms with E-state index in [1.54, 1.807) is 0 Å². The Balaban J connectivity index is 2.46. The summed E-state index contributed by atoms with van der Waals surface area (Å²) in [5, 5.41) is 2.42. The van der Waals surface area contributed by atoms with Crippen molar-refractivity contribution in [2.24, 2.45) is 5.73 Å². The quantitative estimate of drug-likeness (QED) is 0.903. The van der Waals surface area contributed by atoms with Gasteiger partial charge in [0.25, 0.3) is 0 Å². The summed E-state index contributed by atoms with van der Waals surface area (Å²) < 4.78 is 6.63. The number of halogens is 1. The van der Waals surface area contributed by atoms with Crippen LogP contribution in [0.1, 0.15) is 12.5 Å². The molecule has 0 spiro atoms. The van der Waals surface area contributed by atoms with E-state index in [1.807, 2.05) is 25.1 Å². The Hall–Kier alpha value is -1.32. The summed E-state index contributed by atoms with van der Waals surface area (Å²) in [6.07, 6.45) is 0.797. The third-order valence-electron chi connectivity index (χ3n) is 2.91. The van der Waals surface area contributed by atoms with E-state index in [9.17, 15) is 0 Å². The molecule has 0 saturated heterocycles. The van der Waals surface area contributed by atoms with Crippen molar-refractivity contribution >= 4 is 26.7 Å². The molecule has 3 heteroatoms. The number of fused-ring (bicyclic) bond motifs is 1. The highest BCUT2D eigenvalue weighted by Crippen LogP contribution is 2.29. The lowest BCUT2D eigenvalue weighted by Crippen LogP contribution is -2.18. The minimum absolute atomic E-state index is 0.0975. The van der Waals surface area contributed by atoms with Gasteiger partial charge in [-0.1, -0.05) is 52.8 Å². The van der Waals surface area contributed by atoms with E-state index in [2.05, 4.69) is 40.7 Å². The van der Waals surface area contributed by atoms with Gasteiger partial charge in [-0.2, -0.15) is 0 Å². The van der Waals surface area contributed by atoms with Gasteiger partial charge in [0.1, 0.15) is 12.4 Å². The molecular formula is C16H18BrNO. The van der Waals surface area contributed by atoms with Crippen molar-refractivity contribution in [1.29, 1.82) is 0 Å². The lowest BCUT2D eigenvalue weighted by atomic mass is 9.98. The molecule has 0 aliphatic heterocycles.